The van der Waals surface area contributed by atoms with Gasteiger partial charge in [0, 0.05) is 69.9 Å². The number of nitrogens with one attached hydrogen (secondary N) is 1. The van der Waals surface area contributed by atoms with E-state index < -0.39 is 0 Å². The van der Waals surface area contributed by atoms with Crippen molar-refractivity contribution in [3.8, 4) is 27.9 Å². The number of fused-ring (bicyclic) bond motifs is 15. The van der Waals surface area contributed by atoms with Crippen molar-refractivity contribution in [2.75, 3.05) is 5.32 Å². The average Bonchev–Trinajstić information content (AvgIpc) is 3.97. The third-order valence-electron chi connectivity index (χ3n) is 13.6. The summed E-state index contributed by atoms with van der Waals surface area (Å²) >= 11 is 1.88. The number of nitrogens with zero attached hydrogens (tertiary/aromatic N) is 1. The van der Waals surface area contributed by atoms with Crippen molar-refractivity contribution in [3.63, 3.8) is 0 Å². The molecule has 5 heteroatoms. The first-order valence-electron chi connectivity index (χ1n) is 21.0. The number of benzene rings is 8. The predicted octanol–water partition coefficient (Wildman–Crippen LogP) is 14.0. The molecule has 1 radical (unpaired) electrons. The molecule has 3 aromatic heterocycles. The van der Waals surface area contributed by atoms with Gasteiger partial charge in [0.1, 0.15) is 11.2 Å². The van der Waals surface area contributed by atoms with E-state index in [1.807, 2.05) is 11.3 Å². The maximum absolute atomic E-state index is 6.80. The number of hydrogen-bond donors (Lipinski definition) is 1. The van der Waals surface area contributed by atoms with Crippen molar-refractivity contribution in [1.82, 2.24) is 4.57 Å². The largest absolute Gasteiger partial charge is 0.455 e. The molecule has 0 spiro atoms. The Hall–Kier alpha value is -6.56. The van der Waals surface area contributed by atoms with Crippen LogP contribution in [0.1, 0.15) is 51.3 Å². The first kappa shape index (κ1) is 34.3. The highest BCUT2D eigenvalue weighted by Crippen LogP contribution is 2.52. The van der Waals surface area contributed by atoms with Gasteiger partial charge in [-0.15, -0.1) is 11.3 Å². The van der Waals surface area contributed by atoms with Gasteiger partial charge in [-0.3, -0.25) is 0 Å². The summed E-state index contributed by atoms with van der Waals surface area (Å²) in [6.45, 7) is 11.6. The van der Waals surface area contributed by atoms with Crippen molar-refractivity contribution in [2.24, 2.45) is 0 Å². The van der Waals surface area contributed by atoms with E-state index in [2.05, 4.69) is 197 Å². The van der Waals surface area contributed by atoms with Crippen molar-refractivity contribution in [1.29, 1.82) is 0 Å². The van der Waals surface area contributed by atoms with Gasteiger partial charge in [-0.25, -0.2) is 0 Å². The Labute approximate surface area is 353 Å². The zero-order valence-corrected chi connectivity index (χ0v) is 35.0. The van der Waals surface area contributed by atoms with Crippen LogP contribution in [0.15, 0.2) is 150 Å². The SMILES string of the molecule is CC(C)(C)c1ccc(Nc2cc3c(cc2-c2ccc4c5c6oc7ccccc7c6ccc5n5c4c2[B]c2cc4sc6ccccc6c4cc2-5)C(C)(C)c2ccccc2-3)cc1. The number of aromatic nitrogens is 1. The summed E-state index contributed by atoms with van der Waals surface area (Å²) in [6, 6.07) is 54.2. The van der Waals surface area contributed by atoms with Gasteiger partial charge in [0.25, 0.3) is 0 Å². The fourth-order valence-corrected chi connectivity index (χ4v) is 11.7. The maximum Gasteiger partial charge on any atom is 0.197 e. The smallest absolute Gasteiger partial charge is 0.197 e. The summed E-state index contributed by atoms with van der Waals surface area (Å²) in [6.07, 6.45) is 0. The predicted molar refractivity (Wildman–Crippen MR) is 257 cm³/mol. The number of hydrogen-bond acceptors (Lipinski definition) is 3. The fraction of sp³-hybridized carbons (Fsp3) is 0.127. The molecule has 1 aliphatic heterocycles. The molecule has 11 aromatic rings. The second kappa shape index (κ2) is 11.8. The van der Waals surface area contributed by atoms with E-state index in [1.165, 1.54) is 86.6 Å². The van der Waals surface area contributed by atoms with Crippen LogP contribution in [0.4, 0.5) is 11.4 Å². The van der Waals surface area contributed by atoms with Crippen LogP contribution >= 0.6 is 11.3 Å². The summed E-state index contributed by atoms with van der Waals surface area (Å²) < 4.78 is 11.9. The van der Waals surface area contributed by atoms with Crippen LogP contribution in [-0.2, 0) is 10.8 Å². The minimum atomic E-state index is -0.153. The normalized spacial score (nSPS) is 14.0. The zero-order valence-electron chi connectivity index (χ0n) is 34.2. The lowest BCUT2D eigenvalue weighted by molar-refractivity contribution is 0.590. The topological polar surface area (TPSA) is 30.1 Å². The average molecular weight is 788 g/mol. The van der Waals surface area contributed by atoms with E-state index in [4.69, 9.17) is 4.42 Å². The molecule has 285 valence electrons. The van der Waals surface area contributed by atoms with Crippen molar-refractivity contribution in [2.45, 2.75) is 45.4 Å². The Morgan fingerprint density at radius 2 is 1.38 bits per heavy atom. The molecular weight excluding hydrogens is 747 g/mol. The summed E-state index contributed by atoms with van der Waals surface area (Å²) in [4.78, 5) is 0. The third-order valence-corrected chi connectivity index (χ3v) is 14.7. The van der Waals surface area contributed by atoms with Crippen LogP contribution in [0.25, 0.3) is 91.9 Å². The highest BCUT2D eigenvalue weighted by molar-refractivity contribution is 7.26. The highest BCUT2D eigenvalue weighted by atomic mass is 32.1. The lowest BCUT2D eigenvalue weighted by Gasteiger charge is -2.26. The molecule has 13 rings (SSSR count). The van der Waals surface area contributed by atoms with Crippen LogP contribution in [0, 0.1) is 0 Å². The molecule has 1 N–H and O–H groups in total. The first-order chi connectivity index (χ1) is 29.1. The summed E-state index contributed by atoms with van der Waals surface area (Å²) in [5.41, 5.74) is 19.0. The quantitative estimate of drug-likeness (QED) is 0.181. The van der Waals surface area contributed by atoms with Crippen LogP contribution in [0.2, 0.25) is 0 Å². The molecule has 0 amide bonds. The number of anilines is 2. The molecule has 4 heterocycles. The van der Waals surface area contributed by atoms with Crippen molar-refractivity contribution >= 4 is 105 Å². The minimum absolute atomic E-state index is 0.0740. The Balaban J connectivity index is 1.12. The molecule has 0 bridgehead atoms. The molecular formula is C55H40BN2OS. The van der Waals surface area contributed by atoms with Crippen molar-refractivity contribution < 1.29 is 4.42 Å². The van der Waals surface area contributed by atoms with Gasteiger partial charge in [0.05, 0.1) is 10.9 Å². The molecule has 0 unspecified atom stereocenters. The van der Waals surface area contributed by atoms with E-state index in [1.54, 1.807) is 0 Å². The monoisotopic (exact) mass is 787 g/mol. The van der Waals surface area contributed by atoms with E-state index in [0.717, 1.165) is 44.2 Å². The standard InChI is InChI=1S/C55H40BN2OS/c1-54(2,3)30-18-20-31(21-19-30)57-44-27-38-32-12-6-9-15-41(32)55(4,5)42(38)26-39(44)35-22-23-37-50-45(25-24-36-33-13-7-10-16-47(33)59-53(36)50)58-46-28-40-34-14-8-11-17-48(34)60-49(40)29-43(46)56-51(35)52(37)58/h6-29,57H,1-5H3. The van der Waals surface area contributed by atoms with Gasteiger partial charge in [0.2, 0.25) is 0 Å². The third kappa shape index (κ3) is 4.61. The van der Waals surface area contributed by atoms with Crippen LogP contribution in [-0.4, -0.2) is 11.8 Å². The van der Waals surface area contributed by atoms with E-state index in [-0.39, 0.29) is 10.8 Å². The second-order valence-electron chi connectivity index (χ2n) is 18.4. The van der Waals surface area contributed by atoms with Gasteiger partial charge in [-0.2, -0.15) is 0 Å². The zero-order chi connectivity index (χ0) is 40.2. The molecule has 0 saturated carbocycles. The maximum atomic E-state index is 6.80. The summed E-state index contributed by atoms with van der Waals surface area (Å²) in [7, 11) is 2.46. The minimum Gasteiger partial charge on any atom is -0.455 e. The molecule has 0 fully saturated rings. The van der Waals surface area contributed by atoms with Crippen LogP contribution < -0.4 is 16.2 Å². The second-order valence-corrected chi connectivity index (χ2v) is 19.5. The van der Waals surface area contributed by atoms with Gasteiger partial charge in [0.15, 0.2) is 7.28 Å². The Bertz CT molecular complexity index is 3670. The molecule has 0 atom stereocenters. The van der Waals surface area contributed by atoms with Crippen molar-refractivity contribution in [3.05, 3.63) is 162 Å². The van der Waals surface area contributed by atoms with E-state index in [9.17, 15) is 0 Å². The van der Waals surface area contributed by atoms with E-state index >= 15 is 0 Å². The Kier molecular flexibility index (Phi) is 6.75. The first-order valence-corrected chi connectivity index (χ1v) is 21.8. The van der Waals surface area contributed by atoms with Gasteiger partial charge in [-0.05, 0) is 105 Å². The Morgan fingerprint density at radius 1 is 0.617 bits per heavy atom. The molecule has 1 aliphatic carbocycles. The number of furan rings is 1. The lowest BCUT2D eigenvalue weighted by Crippen LogP contribution is -2.37. The summed E-state index contributed by atoms with van der Waals surface area (Å²) in [5.74, 6) is 0. The van der Waals surface area contributed by atoms with Gasteiger partial charge < -0.3 is 14.3 Å². The fourth-order valence-electron chi connectivity index (χ4n) is 10.6. The number of rotatable bonds is 3. The van der Waals surface area contributed by atoms with E-state index in [0.29, 0.717) is 0 Å². The Morgan fingerprint density at radius 3 is 2.23 bits per heavy atom. The number of para-hydroxylation sites is 1. The van der Waals surface area contributed by atoms with Crippen LogP contribution in [0.5, 0.6) is 0 Å². The molecule has 3 nitrogen and oxygen atoms in total. The van der Waals surface area contributed by atoms with Crippen LogP contribution in [0.3, 0.4) is 0 Å². The highest BCUT2D eigenvalue weighted by Gasteiger charge is 2.37. The molecule has 60 heavy (non-hydrogen) atoms. The van der Waals surface area contributed by atoms with Gasteiger partial charge in [-0.1, -0.05) is 125 Å². The molecule has 8 aromatic carbocycles. The summed E-state index contributed by atoms with van der Waals surface area (Å²) in [5, 5.41) is 11.2. The lowest BCUT2D eigenvalue weighted by atomic mass is 9.59. The molecule has 0 saturated heterocycles. The number of thiophene rings is 1. The van der Waals surface area contributed by atoms with Gasteiger partial charge >= 0.3 is 0 Å². The molecule has 2 aliphatic rings.